The van der Waals surface area contributed by atoms with Gasteiger partial charge in [-0.3, -0.25) is 0 Å². The highest BCUT2D eigenvalue weighted by Crippen LogP contribution is 2.14. The fourth-order valence-electron chi connectivity index (χ4n) is 1.28. The standard InChI is InChI=1S/C10H19NO3S/c1-10(2,3)14-9(13)11-4-5-15-7-8(12)6-11/h8,12H,4-7H2,1-3H3. The summed E-state index contributed by atoms with van der Waals surface area (Å²) in [6.07, 6.45) is -0.769. The maximum Gasteiger partial charge on any atom is 0.410 e. The number of hydrogen-bond donors (Lipinski definition) is 1. The zero-order chi connectivity index (χ0) is 11.5. The number of aliphatic hydroxyl groups is 1. The highest BCUT2D eigenvalue weighted by atomic mass is 32.2. The van der Waals surface area contributed by atoms with E-state index in [-0.39, 0.29) is 6.09 Å². The number of thioether (sulfide) groups is 1. The van der Waals surface area contributed by atoms with E-state index < -0.39 is 11.7 Å². The molecule has 4 nitrogen and oxygen atoms in total. The van der Waals surface area contributed by atoms with Gasteiger partial charge in [-0.25, -0.2) is 4.79 Å². The number of ether oxygens (including phenoxy) is 1. The summed E-state index contributed by atoms with van der Waals surface area (Å²) in [6.45, 7) is 6.55. The van der Waals surface area contributed by atoms with Crippen molar-refractivity contribution < 1.29 is 14.6 Å². The largest absolute Gasteiger partial charge is 0.444 e. The number of carbonyl (C=O) groups excluding carboxylic acids is 1. The van der Waals surface area contributed by atoms with Gasteiger partial charge in [0.15, 0.2) is 0 Å². The van der Waals surface area contributed by atoms with E-state index in [1.807, 2.05) is 20.8 Å². The minimum atomic E-state index is -0.471. The first-order valence-corrected chi connectivity index (χ1v) is 6.28. The summed E-state index contributed by atoms with van der Waals surface area (Å²) >= 11 is 1.66. The molecule has 0 bridgehead atoms. The van der Waals surface area contributed by atoms with Gasteiger partial charge < -0.3 is 14.7 Å². The van der Waals surface area contributed by atoms with E-state index in [9.17, 15) is 9.90 Å². The highest BCUT2D eigenvalue weighted by Gasteiger charge is 2.25. The van der Waals surface area contributed by atoms with Gasteiger partial charge in [0.05, 0.1) is 12.6 Å². The molecule has 1 fully saturated rings. The molecule has 5 heteroatoms. The van der Waals surface area contributed by atoms with Crippen LogP contribution in [0.4, 0.5) is 4.79 Å². The minimum Gasteiger partial charge on any atom is -0.444 e. The van der Waals surface area contributed by atoms with Gasteiger partial charge in [0, 0.05) is 18.1 Å². The summed E-state index contributed by atoms with van der Waals surface area (Å²) in [6, 6.07) is 0. The summed E-state index contributed by atoms with van der Waals surface area (Å²) in [5, 5.41) is 9.54. The van der Waals surface area contributed by atoms with Crippen molar-refractivity contribution in [3.8, 4) is 0 Å². The third-order valence-corrected chi connectivity index (χ3v) is 2.99. The second-order valence-corrected chi connectivity index (χ2v) is 5.80. The van der Waals surface area contributed by atoms with Crippen molar-refractivity contribution in [2.24, 2.45) is 0 Å². The molecule has 0 aromatic rings. The summed E-state index contributed by atoms with van der Waals surface area (Å²) in [5.41, 5.74) is -0.471. The number of β-amino-alcohol motifs (C(OH)–C–C–N with tert-alkyl or cyclic N) is 1. The van der Waals surface area contributed by atoms with Crippen molar-refractivity contribution in [3.63, 3.8) is 0 Å². The van der Waals surface area contributed by atoms with E-state index in [2.05, 4.69) is 0 Å². The van der Waals surface area contributed by atoms with Crippen LogP contribution in [0.25, 0.3) is 0 Å². The highest BCUT2D eigenvalue weighted by molar-refractivity contribution is 7.99. The first-order chi connectivity index (χ1) is 6.88. The van der Waals surface area contributed by atoms with Crippen LogP contribution in [0.2, 0.25) is 0 Å². The van der Waals surface area contributed by atoms with Crippen LogP contribution in [0.3, 0.4) is 0 Å². The molecule has 0 aromatic heterocycles. The zero-order valence-electron chi connectivity index (χ0n) is 9.52. The monoisotopic (exact) mass is 233 g/mol. The SMILES string of the molecule is CC(C)(C)OC(=O)N1CCSCC(O)C1. The van der Waals surface area contributed by atoms with Crippen LogP contribution in [-0.2, 0) is 4.74 Å². The lowest BCUT2D eigenvalue weighted by atomic mass is 10.2. The molecule has 1 N–H and O–H groups in total. The van der Waals surface area contributed by atoms with E-state index in [1.165, 1.54) is 0 Å². The van der Waals surface area contributed by atoms with E-state index in [1.54, 1.807) is 16.7 Å². The van der Waals surface area contributed by atoms with Gasteiger partial charge in [-0.2, -0.15) is 11.8 Å². The lowest BCUT2D eigenvalue weighted by Gasteiger charge is -2.26. The number of aliphatic hydroxyl groups excluding tert-OH is 1. The molecule has 0 spiro atoms. The van der Waals surface area contributed by atoms with Gasteiger partial charge in [0.2, 0.25) is 0 Å². The van der Waals surface area contributed by atoms with Crippen molar-refractivity contribution in [2.75, 3.05) is 24.6 Å². The van der Waals surface area contributed by atoms with Crippen LogP contribution < -0.4 is 0 Å². The van der Waals surface area contributed by atoms with Gasteiger partial charge in [-0.05, 0) is 20.8 Å². The Balaban J connectivity index is 2.50. The molecule has 0 saturated carbocycles. The smallest absolute Gasteiger partial charge is 0.410 e. The predicted molar refractivity (Wildman–Crippen MR) is 61.1 cm³/mol. The molecule has 1 aliphatic rings. The Labute approximate surface area is 95.0 Å². The Kier molecular flexibility index (Phi) is 4.28. The maximum atomic E-state index is 11.7. The van der Waals surface area contributed by atoms with E-state index in [0.717, 1.165) is 5.75 Å². The second kappa shape index (κ2) is 5.07. The Morgan fingerprint density at radius 2 is 2.20 bits per heavy atom. The average molecular weight is 233 g/mol. The molecule has 0 aromatic carbocycles. The Hall–Kier alpha value is -0.420. The molecule has 88 valence electrons. The van der Waals surface area contributed by atoms with Crippen LogP contribution >= 0.6 is 11.8 Å². The van der Waals surface area contributed by atoms with Gasteiger partial charge >= 0.3 is 6.09 Å². The molecule has 0 aliphatic carbocycles. The molecular formula is C10H19NO3S. The molecular weight excluding hydrogens is 214 g/mol. The fraction of sp³-hybridized carbons (Fsp3) is 0.900. The van der Waals surface area contributed by atoms with E-state index >= 15 is 0 Å². The molecule has 1 atom stereocenters. The summed E-state index contributed by atoms with van der Waals surface area (Å²) in [7, 11) is 0. The van der Waals surface area contributed by atoms with Crippen LogP contribution in [0.1, 0.15) is 20.8 Å². The number of amides is 1. The molecule has 1 unspecified atom stereocenters. The topological polar surface area (TPSA) is 49.8 Å². The maximum absolute atomic E-state index is 11.7. The lowest BCUT2D eigenvalue weighted by molar-refractivity contribution is 0.0187. The van der Waals surface area contributed by atoms with Crippen molar-refractivity contribution >= 4 is 17.9 Å². The number of hydrogen-bond acceptors (Lipinski definition) is 4. The van der Waals surface area contributed by atoms with Crippen molar-refractivity contribution in [1.82, 2.24) is 4.90 Å². The van der Waals surface area contributed by atoms with Crippen molar-refractivity contribution in [3.05, 3.63) is 0 Å². The first-order valence-electron chi connectivity index (χ1n) is 5.12. The Bertz CT molecular complexity index is 227. The summed E-state index contributed by atoms with van der Waals surface area (Å²) in [5.74, 6) is 1.55. The molecule has 1 rings (SSSR count). The Morgan fingerprint density at radius 3 is 2.80 bits per heavy atom. The average Bonchev–Trinajstić information content (AvgIpc) is 2.26. The van der Waals surface area contributed by atoms with E-state index in [4.69, 9.17) is 4.74 Å². The van der Waals surface area contributed by atoms with Crippen molar-refractivity contribution in [1.29, 1.82) is 0 Å². The lowest BCUT2D eigenvalue weighted by Crippen LogP contribution is -2.41. The first kappa shape index (κ1) is 12.6. The quantitative estimate of drug-likeness (QED) is 0.686. The Morgan fingerprint density at radius 1 is 1.53 bits per heavy atom. The summed E-state index contributed by atoms with van der Waals surface area (Å²) < 4.78 is 5.25. The van der Waals surface area contributed by atoms with E-state index in [0.29, 0.717) is 18.8 Å². The number of nitrogens with zero attached hydrogens (tertiary/aromatic N) is 1. The molecule has 1 amide bonds. The predicted octanol–water partition coefficient (Wildman–Crippen LogP) is 1.33. The van der Waals surface area contributed by atoms with Crippen LogP contribution in [0, 0.1) is 0 Å². The molecule has 1 saturated heterocycles. The number of rotatable bonds is 0. The fourth-order valence-corrected chi connectivity index (χ4v) is 2.18. The van der Waals surface area contributed by atoms with Crippen LogP contribution in [-0.4, -0.2) is 52.4 Å². The van der Waals surface area contributed by atoms with Gasteiger partial charge in [-0.1, -0.05) is 0 Å². The third-order valence-electron chi connectivity index (χ3n) is 1.90. The van der Waals surface area contributed by atoms with Crippen molar-refractivity contribution in [2.45, 2.75) is 32.5 Å². The minimum absolute atomic E-state index is 0.330. The molecule has 15 heavy (non-hydrogen) atoms. The summed E-state index contributed by atoms with van der Waals surface area (Å²) in [4.78, 5) is 13.3. The van der Waals surface area contributed by atoms with Gasteiger partial charge in [0.25, 0.3) is 0 Å². The normalized spacial score (nSPS) is 23.5. The number of carbonyl (C=O) groups is 1. The third kappa shape index (κ3) is 4.75. The molecule has 1 heterocycles. The van der Waals surface area contributed by atoms with Crippen LogP contribution in [0.5, 0.6) is 0 Å². The zero-order valence-corrected chi connectivity index (χ0v) is 10.3. The molecule has 0 radical (unpaired) electrons. The molecule has 1 aliphatic heterocycles. The van der Waals surface area contributed by atoms with Gasteiger partial charge in [0.1, 0.15) is 5.60 Å². The van der Waals surface area contributed by atoms with Crippen LogP contribution in [0.15, 0.2) is 0 Å². The van der Waals surface area contributed by atoms with Gasteiger partial charge in [-0.15, -0.1) is 0 Å². The second-order valence-electron chi connectivity index (χ2n) is 4.66.